The zero-order valence-corrected chi connectivity index (χ0v) is 14.3. The highest BCUT2D eigenvalue weighted by Crippen LogP contribution is 2.25. The van der Waals surface area contributed by atoms with E-state index >= 15 is 0 Å². The Labute approximate surface area is 140 Å². The molecule has 2 aromatic heterocycles. The lowest BCUT2D eigenvalue weighted by atomic mass is 10.1. The van der Waals surface area contributed by atoms with Gasteiger partial charge in [-0.2, -0.15) is 0 Å². The fourth-order valence-electron chi connectivity index (χ4n) is 2.58. The molecule has 0 aliphatic carbocycles. The summed E-state index contributed by atoms with van der Waals surface area (Å²) in [5, 5.41) is 12.8. The van der Waals surface area contributed by atoms with Crippen molar-refractivity contribution in [1.82, 2.24) is 9.55 Å². The van der Waals surface area contributed by atoms with Crippen LogP contribution in [0.25, 0.3) is 11.0 Å². The first-order chi connectivity index (χ1) is 11.5. The second-order valence-corrected chi connectivity index (χ2v) is 5.35. The number of esters is 1. The lowest BCUT2D eigenvalue weighted by molar-refractivity contribution is 0.0525. The first-order valence-electron chi connectivity index (χ1n) is 8.11. The van der Waals surface area contributed by atoms with E-state index in [-0.39, 0.29) is 18.8 Å². The maximum absolute atomic E-state index is 12.8. The molecule has 2 N–H and O–H groups in total. The molecule has 2 rings (SSSR count). The molecule has 0 unspecified atom stereocenters. The smallest absolute Gasteiger partial charge is 0.345 e. The molecular weight excluding hydrogens is 310 g/mol. The van der Waals surface area contributed by atoms with Gasteiger partial charge in [0.25, 0.3) is 5.56 Å². The van der Waals surface area contributed by atoms with Gasteiger partial charge in [0.05, 0.1) is 12.3 Å². The van der Waals surface area contributed by atoms with E-state index in [0.717, 1.165) is 5.69 Å². The number of hydrogen-bond acceptors (Lipinski definition) is 6. The van der Waals surface area contributed by atoms with E-state index in [9.17, 15) is 9.59 Å². The van der Waals surface area contributed by atoms with E-state index in [1.807, 2.05) is 26.0 Å². The molecule has 130 valence electrons. The quantitative estimate of drug-likeness (QED) is 0.592. The molecule has 7 nitrogen and oxygen atoms in total. The average molecular weight is 333 g/mol. The molecule has 0 aromatic carbocycles. The van der Waals surface area contributed by atoms with Crippen molar-refractivity contribution in [3.63, 3.8) is 0 Å². The Hall–Kier alpha value is -2.41. The molecule has 0 saturated carbocycles. The highest BCUT2D eigenvalue weighted by atomic mass is 16.5. The van der Waals surface area contributed by atoms with Gasteiger partial charge in [0.15, 0.2) is 0 Å². The third kappa shape index (κ3) is 3.41. The Morgan fingerprint density at radius 1 is 1.38 bits per heavy atom. The van der Waals surface area contributed by atoms with Gasteiger partial charge in [-0.1, -0.05) is 0 Å². The summed E-state index contributed by atoms with van der Waals surface area (Å²) in [6.07, 6.45) is 0.500. The summed E-state index contributed by atoms with van der Waals surface area (Å²) < 4.78 is 6.54. The van der Waals surface area contributed by atoms with Crippen molar-refractivity contribution in [2.45, 2.75) is 33.7 Å². The molecule has 0 saturated heterocycles. The van der Waals surface area contributed by atoms with Crippen LogP contribution in [0.1, 0.15) is 36.3 Å². The number of aromatic nitrogens is 2. The van der Waals surface area contributed by atoms with Crippen LogP contribution in [0.2, 0.25) is 0 Å². The molecule has 24 heavy (non-hydrogen) atoms. The molecule has 0 amide bonds. The molecule has 2 heterocycles. The topological polar surface area (TPSA) is 93.4 Å². The van der Waals surface area contributed by atoms with Crippen LogP contribution < -0.4 is 10.9 Å². The lowest BCUT2D eigenvalue weighted by Gasteiger charge is -2.17. The predicted molar refractivity (Wildman–Crippen MR) is 92.6 cm³/mol. The van der Waals surface area contributed by atoms with Gasteiger partial charge in [-0.05, 0) is 39.3 Å². The van der Waals surface area contributed by atoms with Gasteiger partial charge >= 0.3 is 5.97 Å². The highest BCUT2D eigenvalue weighted by Gasteiger charge is 2.23. The number of pyridine rings is 2. The van der Waals surface area contributed by atoms with Gasteiger partial charge in [-0.25, -0.2) is 9.78 Å². The van der Waals surface area contributed by atoms with Crippen LogP contribution >= 0.6 is 0 Å². The number of fused-ring (bicyclic) bond motifs is 1. The number of carbonyl (C=O) groups is 1. The molecule has 0 fully saturated rings. The minimum Gasteiger partial charge on any atom is -0.462 e. The van der Waals surface area contributed by atoms with Crippen LogP contribution in [0.5, 0.6) is 0 Å². The van der Waals surface area contributed by atoms with Crippen molar-refractivity contribution in [1.29, 1.82) is 0 Å². The van der Waals surface area contributed by atoms with Crippen LogP contribution in [-0.4, -0.2) is 40.4 Å². The summed E-state index contributed by atoms with van der Waals surface area (Å²) in [7, 11) is 0. The zero-order chi connectivity index (χ0) is 17.7. The molecule has 2 aromatic rings. The number of nitrogens with zero attached hydrogens (tertiary/aromatic N) is 2. The van der Waals surface area contributed by atoms with E-state index in [1.54, 1.807) is 6.92 Å². The Morgan fingerprint density at radius 2 is 2.12 bits per heavy atom. The van der Waals surface area contributed by atoms with Crippen LogP contribution in [-0.2, 0) is 11.3 Å². The predicted octanol–water partition coefficient (Wildman–Crippen LogP) is 1.70. The minimum absolute atomic E-state index is 0.0169. The number of rotatable bonds is 7. The summed E-state index contributed by atoms with van der Waals surface area (Å²) in [5.74, 6) is -0.654. The van der Waals surface area contributed by atoms with Crippen LogP contribution in [0.4, 0.5) is 5.69 Å². The Bertz CT molecular complexity index is 799. The Kier molecular flexibility index (Phi) is 5.92. The van der Waals surface area contributed by atoms with Crippen molar-refractivity contribution < 1.29 is 14.6 Å². The SMILES string of the molecule is CCOC(=O)c1c(NCCCO)c2ccc(C)nc2n(CC)c1=O. The maximum Gasteiger partial charge on any atom is 0.345 e. The monoisotopic (exact) mass is 333 g/mol. The van der Waals surface area contributed by atoms with Crippen LogP contribution in [0.3, 0.4) is 0 Å². The second-order valence-electron chi connectivity index (χ2n) is 5.35. The van der Waals surface area contributed by atoms with Gasteiger partial charge in [0.1, 0.15) is 11.2 Å². The fraction of sp³-hybridized carbons (Fsp3) is 0.471. The minimum atomic E-state index is -0.654. The maximum atomic E-state index is 12.8. The third-order valence-electron chi connectivity index (χ3n) is 3.68. The van der Waals surface area contributed by atoms with E-state index < -0.39 is 11.5 Å². The largest absolute Gasteiger partial charge is 0.462 e. The number of anilines is 1. The number of hydrogen-bond donors (Lipinski definition) is 2. The zero-order valence-electron chi connectivity index (χ0n) is 14.3. The first-order valence-corrected chi connectivity index (χ1v) is 8.11. The van der Waals surface area contributed by atoms with Crippen molar-refractivity contribution in [3.05, 3.63) is 33.7 Å². The molecule has 0 radical (unpaired) electrons. The van der Waals surface area contributed by atoms with E-state index in [4.69, 9.17) is 9.84 Å². The highest BCUT2D eigenvalue weighted by molar-refractivity contribution is 6.04. The number of carbonyl (C=O) groups excluding carboxylic acids is 1. The number of aryl methyl sites for hydroxylation is 2. The fourth-order valence-corrected chi connectivity index (χ4v) is 2.58. The van der Waals surface area contributed by atoms with Gasteiger partial charge < -0.3 is 15.2 Å². The van der Waals surface area contributed by atoms with Crippen LogP contribution in [0, 0.1) is 6.92 Å². The summed E-state index contributed by atoms with van der Waals surface area (Å²) >= 11 is 0. The number of nitrogens with one attached hydrogen (secondary N) is 1. The molecule has 0 spiro atoms. The van der Waals surface area contributed by atoms with Crippen molar-refractivity contribution in [3.8, 4) is 0 Å². The standard InChI is InChI=1S/C17H23N3O4/c1-4-20-15-12(8-7-11(3)19-15)14(18-9-6-10-21)13(16(20)22)17(23)24-5-2/h7-8,18,21H,4-6,9-10H2,1-3H3. The van der Waals surface area contributed by atoms with Gasteiger partial charge in [0, 0.05) is 30.8 Å². The van der Waals surface area contributed by atoms with Crippen LogP contribution in [0.15, 0.2) is 16.9 Å². The van der Waals surface area contributed by atoms with E-state index in [2.05, 4.69) is 10.3 Å². The molecule has 0 bridgehead atoms. The Balaban J connectivity index is 2.77. The van der Waals surface area contributed by atoms with Gasteiger partial charge in [-0.3, -0.25) is 9.36 Å². The number of aliphatic hydroxyl groups is 1. The lowest BCUT2D eigenvalue weighted by Crippen LogP contribution is -2.30. The summed E-state index contributed by atoms with van der Waals surface area (Å²) in [6.45, 7) is 6.41. The number of aliphatic hydroxyl groups excluding tert-OH is 1. The van der Waals surface area contributed by atoms with E-state index in [1.165, 1.54) is 4.57 Å². The van der Waals surface area contributed by atoms with Gasteiger partial charge in [-0.15, -0.1) is 0 Å². The average Bonchev–Trinajstić information content (AvgIpc) is 2.55. The summed E-state index contributed by atoms with van der Waals surface area (Å²) in [4.78, 5) is 29.6. The molecule has 0 aliphatic rings. The first kappa shape index (κ1) is 17.9. The second kappa shape index (κ2) is 7.92. The van der Waals surface area contributed by atoms with Crippen molar-refractivity contribution in [2.75, 3.05) is 25.1 Å². The molecule has 7 heteroatoms. The van der Waals surface area contributed by atoms with Gasteiger partial charge in [0.2, 0.25) is 0 Å². The number of ether oxygens (including phenoxy) is 1. The molecule has 0 aliphatic heterocycles. The molecule has 0 atom stereocenters. The summed E-state index contributed by atoms with van der Waals surface area (Å²) in [6, 6.07) is 3.67. The van der Waals surface area contributed by atoms with E-state index in [0.29, 0.717) is 36.2 Å². The third-order valence-corrected chi connectivity index (χ3v) is 3.68. The summed E-state index contributed by atoms with van der Waals surface area (Å²) in [5.41, 5.74) is 1.29. The van der Waals surface area contributed by atoms with Crippen molar-refractivity contribution in [2.24, 2.45) is 0 Å². The van der Waals surface area contributed by atoms with Crippen molar-refractivity contribution >= 4 is 22.7 Å². The Morgan fingerprint density at radius 3 is 2.75 bits per heavy atom. The normalized spacial score (nSPS) is 10.8. The molecular formula is C17H23N3O4.